The Morgan fingerprint density at radius 3 is 2.22 bits per heavy atom. The van der Waals surface area contributed by atoms with Crippen molar-refractivity contribution < 1.29 is 9.90 Å². The second-order valence-corrected chi connectivity index (χ2v) is 6.41. The standard InChI is InChI=1S/C18H27Cl2NO2/c19-12-14-21(15-13-20)17-10-7-6-9-16(17)8-4-2-1-3-5-11-18(22)23/h6-7,9-10H,1-5,8,11-15H2,(H,22,23). The number of nitrogens with zero attached hydrogens (tertiary/aromatic N) is 1. The second-order valence-electron chi connectivity index (χ2n) is 5.66. The van der Waals surface area contributed by atoms with Crippen LogP contribution in [0.25, 0.3) is 0 Å². The van der Waals surface area contributed by atoms with Gasteiger partial charge in [-0.1, -0.05) is 37.5 Å². The highest BCUT2D eigenvalue weighted by Gasteiger charge is 2.09. The highest BCUT2D eigenvalue weighted by atomic mass is 35.5. The molecular weight excluding hydrogens is 333 g/mol. The Hall–Kier alpha value is -0.930. The van der Waals surface area contributed by atoms with Crippen LogP contribution in [-0.4, -0.2) is 35.9 Å². The Balaban J connectivity index is 2.42. The van der Waals surface area contributed by atoms with Gasteiger partial charge in [0.1, 0.15) is 0 Å². The van der Waals surface area contributed by atoms with E-state index < -0.39 is 5.97 Å². The van der Waals surface area contributed by atoms with E-state index in [9.17, 15) is 4.79 Å². The molecular formula is C18H27Cl2NO2. The lowest BCUT2D eigenvalue weighted by Gasteiger charge is -2.25. The molecule has 0 amide bonds. The average Bonchev–Trinajstić information content (AvgIpc) is 2.54. The lowest BCUT2D eigenvalue weighted by atomic mass is 10.0. The fraction of sp³-hybridized carbons (Fsp3) is 0.611. The zero-order valence-corrected chi connectivity index (χ0v) is 15.2. The number of benzene rings is 1. The van der Waals surface area contributed by atoms with Crippen molar-refractivity contribution in [3.8, 4) is 0 Å². The van der Waals surface area contributed by atoms with Gasteiger partial charge >= 0.3 is 5.97 Å². The molecule has 1 aromatic rings. The van der Waals surface area contributed by atoms with Crippen LogP contribution < -0.4 is 4.90 Å². The first-order valence-corrected chi connectivity index (χ1v) is 9.42. The molecule has 0 saturated heterocycles. The number of carboxylic acid groups (broad SMARTS) is 1. The van der Waals surface area contributed by atoms with Gasteiger partial charge in [0.15, 0.2) is 0 Å². The van der Waals surface area contributed by atoms with E-state index in [1.54, 1.807) is 0 Å². The number of alkyl halides is 2. The molecule has 3 nitrogen and oxygen atoms in total. The van der Waals surface area contributed by atoms with Crippen molar-refractivity contribution in [3.63, 3.8) is 0 Å². The topological polar surface area (TPSA) is 40.5 Å². The van der Waals surface area contributed by atoms with Crippen LogP contribution in [0.5, 0.6) is 0 Å². The molecule has 0 saturated carbocycles. The van der Waals surface area contributed by atoms with Crippen LogP contribution in [0.2, 0.25) is 0 Å². The molecule has 1 aromatic carbocycles. The van der Waals surface area contributed by atoms with Gasteiger partial charge in [0.05, 0.1) is 0 Å². The fourth-order valence-corrected chi connectivity index (χ4v) is 3.12. The Kier molecular flexibility index (Phi) is 10.9. The molecule has 0 spiro atoms. The molecule has 1 rings (SSSR count). The van der Waals surface area contributed by atoms with Crippen molar-refractivity contribution in [1.82, 2.24) is 0 Å². The minimum absolute atomic E-state index is 0.286. The maximum absolute atomic E-state index is 10.5. The number of carbonyl (C=O) groups is 1. The van der Waals surface area contributed by atoms with E-state index in [-0.39, 0.29) is 6.42 Å². The van der Waals surface area contributed by atoms with Gasteiger partial charge in [-0.2, -0.15) is 0 Å². The number of aliphatic carboxylic acids is 1. The summed E-state index contributed by atoms with van der Waals surface area (Å²) in [6.07, 6.45) is 6.47. The second kappa shape index (κ2) is 12.5. The molecule has 0 atom stereocenters. The molecule has 0 fully saturated rings. The van der Waals surface area contributed by atoms with Crippen LogP contribution >= 0.6 is 23.2 Å². The van der Waals surface area contributed by atoms with E-state index in [0.29, 0.717) is 11.8 Å². The summed E-state index contributed by atoms with van der Waals surface area (Å²) in [5.74, 6) is 0.487. The van der Waals surface area contributed by atoms with Crippen molar-refractivity contribution in [2.24, 2.45) is 0 Å². The predicted molar refractivity (Wildman–Crippen MR) is 99.1 cm³/mol. The van der Waals surface area contributed by atoms with Crippen LogP contribution in [-0.2, 0) is 11.2 Å². The van der Waals surface area contributed by atoms with E-state index in [2.05, 4.69) is 29.2 Å². The molecule has 0 radical (unpaired) electrons. The van der Waals surface area contributed by atoms with E-state index in [1.165, 1.54) is 11.3 Å². The van der Waals surface area contributed by atoms with Gasteiger partial charge in [-0.05, 0) is 30.9 Å². The van der Waals surface area contributed by atoms with Crippen LogP contribution in [0.1, 0.15) is 44.1 Å². The molecule has 0 bridgehead atoms. The normalized spacial score (nSPS) is 10.7. The zero-order valence-electron chi connectivity index (χ0n) is 13.6. The summed E-state index contributed by atoms with van der Waals surface area (Å²) < 4.78 is 0. The van der Waals surface area contributed by atoms with Crippen LogP contribution in [0.4, 0.5) is 5.69 Å². The molecule has 0 aliphatic carbocycles. The number of para-hydroxylation sites is 1. The number of unbranched alkanes of at least 4 members (excludes halogenated alkanes) is 4. The molecule has 5 heteroatoms. The summed E-state index contributed by atoms with van der Waals surface area (Å²) in [5.41, 5.74) is 2.58. The lowest BCUT2D eigenvalue weighted by Crippen LogP contribution is -2.28. The molecule has 0 heterocycles. The van der Waals surface area contributed by atoms with E-state index >= 15 is 0 Å². The third-order valence-electron chi connectivity index (χ3n) is 3.88. The summed E-state index contributed by atoms with van der Waals surface area (Å²) >= 11 is 11.8. The summed E-state index contributed by atoms with van der Waals surface area (Å²) in [6.45, 7) is 1.61. The molecule has 0 aliphatic rings. The van der Waals surface area contributed by atoms with Crippen molar-refractivity contribution >= 4 is 34.9 Å². The maximum atomic E-state index is 10.5. The van der Waals surface area contributed by atoms with E-state index in [0.717, 1.165) is 51.6 Å². The number of aryl methyl sites for hydroxylation is 1. The Labute approximate surface area is 149 Å². The highest BCUT2D eigenvalue weighted by molar-refractivity contribution is 6.18. The number of hydrogen-bond acceptors (Lipinski definition) is 2. The third kappa shape index (κ3) is 8.47. The molecule has 130 valence electrons. The Morgan fingerprint density at radius 2 is 1.57 bits per heavy atom. The number of anilines is 1. The van der Waals surface area contributed by atoms with E-state index in [4.69, 9.17) is 28.3 Å². The fourth-order valence-electron chi connectivity index (χ4n) is 2.71. The van der Waals surface area contributed by atoms with Gasteiger partial charge in [0.25, 0.3) is 0 Å². The number of hydrogen-bond donors (Lipinski definition) is 1. The van der Waals surface area contributed by atoms with Gasteiger partial charge in [-0.15, -0.1) is 23.2 Å². The van der Waals surface area contributed by atoms with Crippen LogP contribution in [0.3, 0.4) is 0 Å². The molecule has 23 heavy (non-hydrogen) atoms. The third-order valence-corrected chi connectivity index (χ3v) is 4.22. The van der Waals surface area contributed by atoms with Gasteiger partial charge in [0.2, 0.25) is 0 Å². The molecule has 0 aliphatic heterocycles. The Bertz CT molecular complexity index is 448. The quantitative estimate of drug-likeness (QED) is 0.400. The molecule has 1 N–H and O–H groups in total. The zero-order chi connectivity index (χ0) is 16.9. The van der Waals surface area contributed by atoms with Gasteiger partial charge < -0.3 is 10.0 Å². The largest absolute Gasteiger partial charge is 0.481 e. The van der Waals surface area contributed by atoms with Gasteiger partial charge in [-0.25, -0.2) is 0 Å². The summed E-state index contributed by atoms with van der Waals surface area (Å²) in [4.78, 5) is 12.7. The first-order valence-electron chi connectivity index (χ1n) is 8.35. The molecule has 0 aromatic heterocycles. The van der Waals surface area contributed by atoms with Crippen LogP contribution in [0.15, 0.2) is 24.3 Å². The van der Waals surface area contributed by atoms with Crippen molar-refractivity contribution in [3.05, 3.63) is 29.8 Å². The monoisotopic (exact) mass is 359 g/mol. The van der Waals surface area contributed by atoms with Gasteiger partial charge in [0, 0.05) is 37.0 Å². The summed E-state index contributed by atoms with van der Waals surface area (Å²) in [6, 6.07) is 8.45. The number of carboxylic acids is 1. The molecule has 0 unspecified atom stereocenters. The SMILES string of the molecule is O=C(O)CCCCCCCc1ccccc1N(CCCl)CCCl. The smallest absolute Gasteiger partial charge is 0.303 e. The summed E-state index contributed by atoms with van der Waals surface area (Å²) in [5, 5.41) is 8.61. The minimum Gasteiger partial charge on any atom is -0.481 e. The van der Waals surface area contributed by atoms with Crippen molar-refractivity contribution in [2.75, 3.05) is 29.7 Å². The lowest BCUT2D eigenvalue weighted by molar-refractivity contribution is -0.137. The van der Waals surface area contributed by atoms with E-state index in [1.807, 2.05) is 0 Å². The predicted octanol–water partition coefficient (Wildman–Crippen LogP) is 4.94. The minimum atomic E-state index is -0.697. The maximum Gasteiger partial charge on any atom is 0.303 e. The van der Waals surface area contributed by atoms with Crippen molar-refractivity contribution in [2.45, 2.75) is 44.9 Å². The van der Waals surface area contributed by atoms with Crippen LogP contribution in [0, 0.1) is 0 Å². The Morgan fingerprint density at radius 1 is 0.957 bits per heavy atom. The first-order chi connectivity index (χ1) is 11.2. The highest BCUT2D eigenvalue weighted by Crippen LogP contribution is 2.23. The average molecular weight is 360 g/mol. The number of rotatable bonds is 13. The van der Waals surface area contributed by atoms with Crippen molar-refractivity contribution in [1.29, 1.82) is 0 Å². The first kappa shape index (κ1) is 20.1. The van der Waals surface area contributed by atoms with Gasteiger partial charge in [-0.3, -0.25) is 4.79 Å². The number of halogens is 2. The summed E-state index contributed by atoms with van der Waals surface area (Å²) in [7, 11) is 0.